The number of aromatic nitrogens is 2. The minimum Gasteiger partial charge on any atom is -0.370 e. The summed E-state index contributed by atoms with van der Waals surface area (Å²) in [6.45, 7) is 6.55. The van der Waals surface area contributed by atoms with E-state index < -0.39 is 0 Å². The summed E-state index contributed by atoms with van der Waals surface area (Å²) >= 11 is 0. The van der Waals surface area contributed by atoms with Crippen molar-refractivity contribution < 1.29 is 4.79 Å². The number of amides is 1. The number of likely N-dealkylation sites (N-methyl/N-ethyl adjacent to an activating group) is 1. The monoisotopic (exact) mass is 291 g/mol. The molecule has 0 spiro atoms. The van der Waals surface area contributed by atoms with Crippen LogP contribution in [0.25, 0.3) is 0 Å². The number of carbonyl (C=O) groups excluding carboxylic acids is 1. The maximum absolute atomic E-state index is 11.9. The van der Waals surface area contributed by atoms with Crippen LogP contribution in [0.5, 0.6) is 0 Å². The van der Waals surface area contributed by atoms with Crippen molar-refractivity contribution in [2.45, 2.75) is 45.7 Å². The molecule has 2 N–H and O–H groups in total. The fourth-order valence-electron chi connectivity index (χ4n) is 2.70. The lowest BCUT2D eigenvalue weighted by Crippen LogP contribution is -2.41. The van der Waals surface area contributed by atoms with Crippen LogP contribution in [0.3, 0.4) is 0 Å². The zero-order valence-electron chi connectivity index (χ0n) is 13.1. The van der Waals surface area contributed by atoms with Gasteiger partial charge in [0.15, 0.2) is 0 Å². The molecule has 1 aliphatic rings. The fourth-order valence-corrected chi connectivity index (χ4v) is 2.70. The maximum Gasteiger partial charge on any atom is 0.237 e. The van der Waals surface area contributed by atoms with Crippen LogP contribution in [-0.2, 0) is 11.3 Å². The van der Waals surface area contributed by atoms with Crippen LogP contribution in [0.1, 0.15) is 37.7 Å². The molecular weight excluding hydrogens is 266 g/mol. The number of rotatable bonds is 6. The van der Waals surface area contributed by atoms with Gasteiger partial charge >= 0.3 is 0 Å². The molecule has 1 aliphatic heterocycles. The van der Waals surface area contributed by atoms with Crippen molar-refractivity contribution in [3.05, 3.63) is 17.6 Å². The van der Waals surface area contributed by atoms with Crippen molar-refractivity contribution in [3.63, 3.8) is 0 Å². The molecule has 1 aromatic heterocycles. The molecular formula is C15H25N5O. The lowest BCUT2D eigenvalue weighted by Gasteiger charge is -2.22. The van der Waals surface area contributed by atoms with Gasteiger partial charge in [0, 0.05) is 25.4 Å². The predicted octanol–water partition coefficient (Wildman–Crippen LogP) is 1.32. The van der Waals surface area contributed by atoms with Crippen LogP contribution in [0.2, 0.25) is 0 Å². The van der Waals surface area contributed by atoms with Crippen LogP contribution >= 0.6 is 0 Å². The second-order valence-electron chi connectivity index (χ2n) is 5.48. The number of anilines is 1. The Hall–Kier alpha value is -1.69. The van der Waals surface area contributed by atoms with Crippen molar-refractivity contribution >= 4 is 11.7 Å². The van der Waals surface area contributed by atoms with Gasteiger partial charge in [0.05, 0.1) is 12.6 Å². The summed E-state index contributed by atoms with van der Waals surface area (Å²) < 4.78 is 0. The van der Waals surface area contributed by atoms with Gasteiger partial charge in [-0.25, -0.2) is 9.97 Å². The zero-order chi connectivity index (χ0) is 15.2. The van der Waals surface area contributed by atoms with E-state index in [0.717, 1.165) is 49.7 Å². The predicted molar refractivity (Wildman–Crippen MR) is 83.0 cm³/mol. The quantitative estimate of drug-likeness (QED) is 0.827. The van der Waals surface area contributed by atoms with Crippen molar-refractivity contribution in [2.24, 2.45) is 0 Å². The van der Waals surface area contributed by atoms with E-state index in [-0.39, 0.29) is 11.9 Å². The van der Waals surface area contributed by atoms with E-state index >= 15 is 0 Å². The van der Waals surface area contributed by atoms with E-state index in [1.165, 1.54) is 0 Å². The van der Waals surface area contributed by atoms with Gasteiger partial charge in [-0.2, -0.15) is 0 Å². The molecule has 1 atom stereocenters. The van der Waals surface area contributed by atoms with Gasteiger partial charge in [-0.1, -0.05) is 6.92 Å². The fraction of sp³-hybridized carbons (Fsp3) is 0.667. The highest BCUT2D eigenvalue weighted by Crippen LogP contribution is 2.19. The third-order valence-electron chi connectivity index (χ3n) is 3.71. The molecule has 1 fully saturated rings. The Balaban J connectivity index is 2.07. The standard InChI is InChI=1S/C15H25N5O/c1-4-7-17-13-9-11(2)18-14(19-13)10-20-8-5-6-12(20)15(21)16-3/h9,12H,4-8,10H2,1-3H3,(H,16,21)(H,17,18,19). The highest BCUT2D eigenvalue weighted by molar-refractivity contribution is 5.81. The molecule has 6 nitrogen and oxygen atoms in total. The summed E-state index contributed by atoms with van der Waals surface area (Å²) in [6, 6.07) is 1.91. The lowest BCUT2D eigenvalue weighted by atomic mass is 10.2. The summed E-state index contributed by atoms with van der Waals surface area (Å²) in [5.41, 5.74) is 0.953. The largest absolute Gasteiger partial charge is 0.370 e. The third-order valence-corrected chi connectivity index (χ3v) is 3.71. The average Bonchev–Trinajstić information content (AvgIpc) is 2.91. The van der Waals surface area contributed by atoms with Crippen LogP contribution < -0.4 is 10.6 Å². The minimum atomic E-state index is -0.0498. The van der Waals surface area contributed by atoms with E-state index in [9.17, 15) is 4.79 Å². The summed E-state index contributed by atoms with van der Waals surface area (Å²) in [6.07, 6.45) is 3.01. The number of hydrogen-bond acceptors (Lipinski definition) is 5. The molecule has 1 unspecified atom stereocenters. The van der Waals surface area contributed by atoms with Crippen molar-refractivity contribution in [1.82, 2.24) is 20.2 Å². The minimum absolute atomic E-state index is 0.0498. The molecule has 2 rings (SSSR count). The highest BCUT2D eigenvalue weighted by Gasteiger charge is 2.30. The summed E-state index contributed by atoms with van der Waals surface area (Å²) in [7, 11) is 1.69. The Kier molecular flexibility index (Phi) is 5.50. The van der Waals surface area contributed by atoms with E-state index in [4.69, 9.17) is 0 Å². The van der Waals surface area contributed by atoms with Gasteiger partial charge in [-0.15, -0.1) is 0 Å². The molecule has 0 bridgehead atoms. The Bertz CT molecular complexity index is 491. The van der Waals surface area contributed by atoms with Crippen molar-refractivity contribution in [2.75, 3.05) is 25.5 Å². The number of likely N-dealkylation sites (tertiary alicyclic amines) is 1. The second-order valence-corrected chi connectivity index (χ2v) is 5.48. The molecule has 1 amide bonds. The van der Waals surface area contributed by atoms with E-state index in [0.29, 0.717) is 6.54 Å². The first-order valence-corrected chi connectivity index (χ1v) is 7.68. The summed E-state index contributed by atoms with van der Waals surface area (Å²) in [5, 5.41) is 6.04. The van der Waals surface area contributed by atoms with Crippen LogP contribution in [0.4, 0.5) is 5.82 Å². The molecule has 2 heterocycles. The van der Waals surface area contributed by atoms with Gasteiger partial charge in [-0.3, -0.25) is 9.69 Å². The normalized spacial score (nSPS) is 18.7. The van der Waals surface area contributed by atoms with Gasteiger partial charge < -0.3 is 10.6 Å². The number of nitrogens with one attached hydrogen (secondary N) is 2. The van der Waals surface area contributed by atoms with Crippen LogP contribution in [0.15, 0.2) is 6.07 Å². The van der Waals surface area contributed by atoms with E-state index in [1.54, 1.807) is 7.05 Å². The lowest BCUT2D eigenvalue weighted by molar-refractivity contribution is -0.125. The molecule has 6 heteroatoms. The van der Waals surface area contributed by atoms with Gasteiger partial charge in [-0.05, 0) is 32.7 Å². The SMILES string of the molecule is CCCNc1cc(C)nc(CN2CCCC2C(=O)NC)n1. The topological polar surface area (TPSA) is 70.2 Å². The third kappa shape index (κ3) is 4.14. The van der Waals surface area contributed by atoms with Gasteiger partial charge in [0.1, 0.15) is 11.6 Å². The Morgan fingerprint density at radius 2 is 2.29 bits per heavy atom. The van der Waals surface area contributed by atoms with Gasteiger partial charge in [0.2, 0.25) is 5.91 Å². The van der Waals surface area contributed by atoms with Crippen LogP contribution in [0, 0.1) is 6.92 Å². The molecule has 116 valence electrons. The Morgan fingerprint density at radius 1 is 1.48 bits per heavy atom. The smallest absolute Gasteiger partial charge is 0.237 e. The molecule has 0 saturated carbocycles. The number of hydrogen-bond donors (Lipinski definition) is 2. The average molecular weight is 291 g/mol. The summed E-state index contributed by atoms with van der Waals surface area (Å²) in [4.78, 5) is 23.1. The first kappa shape index (κ1) is 15.7. The Morgan fingerprint density at radius 3 is 3.00 bits per heavy atom. The number of aryl methyl sites for hydroxylation is 1. The first-order valence-electron chi connectivity index (χ1n) is 7.68. The first-order chi connectivity index (χ1) is 10.1. The second kappa shape index (κ2) is 7.36. The molecule has 21 heavy (non-hydrogen) atoms. The molecule has 0 aromatic carbocycles. The molecule has 0 radical (unpaired) electrons. The van der Waals surface area contributed by atoms with E-state index in [2.05, 4.69) is 32.4 Å². The van der Waals surface area contributed by atoms with E-state index in [1.807, 2.05) is 13.0 Å². The molecule has 1 saturated heterocycles. The number of carbonyl (C=O) groups is 1. The highest BCUT2D eigenvalue weighted by atomic mass is 16.2. The van der Waals surface area contributed by atoms with Crippen molar-refractivity contribution in [3.8, 4) is 0 Å². The van der Waals surface area contributed by atoms with Crippen molar-refractivity contribution in [1.29, 1.82) is 0 Å². The molecule has 0 aliphatic carbocycles. The summed E-state index contributed by atoms with van der Waals surface area (Å²) in [5.74, 6) is 1.74. The number of nitrogens with zero attached hydrogens (tertiary/aromatic N) is 3. The maximum atomic E-state index is 11.9. The van der Waals surface area contributed by atoms with Gasteiger partial charge in [0.25, 0.3) is 0 Å². The molecule has 1 aromatic rings. The Labute approximate surface area is 126 Å². The zero-order valence-corrected chi connectivity index (χ0v) is 13.1. The van der Waals surface area contributed by atoms with Crippen LogP contribution in [-0.4, -0.2) is 47.0 Å².